The number of benzene rings is 2. The number of fused-ring (bicyclic) bond motifs is 1. The van der Waals surface area contributed by atoms with Crippen LogP contribution in [-0.4, -0.2) is 11.3 Å². The first-order valence-electron chi connectivity index (χ1n) is 8.22. The molecule has 0 amide bonds. The van der Waals surface area contributed by atoms with Gasteiger partial charge in [0.2, 0.25) is 0 Å². The predicted octanol–water partition coefficient (Wildman–Crippen LogP) is 5.08. The van der Waals surface area contributed by atoms with Gasteiger partial charge in [-0.2, -0.15) is 0 Å². The Hall–Kier alpha value is -2.13. The second-order valence-corrected chi connectivity index (χ2v) is 6.84. The zero-order chi connectivity index (χ0) is 16.4. The third kappa shape index (κ3) is 3.45. The number of hydrogen-bond acceptors (Lipinski definition) is 3. The maximum atomic E-state index is 10.9. The van der Waals surface area contributed by atoms with E-state index < -0.39 is 5.60 Å². The van der Waals surface area contributed by atoms with E-state index in [1.807, 2.05) is 18.2 Å². The van der Waals surface area contributed by atoms with Crippen LogP contribution in [0, 0.1) is 12.8 Å². The minimum atomic E-state index is -0.940. The second kappa shape index (κ2) is 6.17. The maximum Gasteiger partial charge on any atom is 0.127 e. The second-order valence-electron chi connectivity index (χ2n) is 6.84. The number of hydrogen-bond donors (Lipinski definition) is 2. The Morgan fingerprint density at radius 2 is 1.78 bits per heavy atom. The van der Waals surface area contributed by atoms with Gasteiger partial charge >= 0.3 is 0 Å². The molecule has 1 heterocycles. The van der Waals surface area contributed by atoms with Gasteiger partial charge in [0, 0.05) is 23.2 Å². The van der Waals surface area contributed by atoms with Crippen molar-refractivity contribution in [2.75, 3.05) is 5.32 Å². The highest BCUT2D eigenvalue weighted by molar-refractivity contribution is 5.84. The van der Waals surface area contributed by atoms with Crippen molar-refractivity contribution in [1.29, 1.82) is 0 Å². The van der Waals surface area contributed by atoms with Gasteiger partial charge in [-0.1, -0.05) is 31.5 Å². The smallest absolute Gasteiger partial charge is 0.127 e. The van der Waals surface area contributed by atoms with E-state index in [2.05, 4.69) is 55.3 Å². The standard InChI is InChI=1S/C20H24N2O/c1-14(2)10-11-20(23)13-21-19-9-8-17(12-18(19)20)22-16-6-4-15(3)5-7-16/h4-9,12-14,22-23H,10-11H2,1-3H3. The molecular formula is C20H24N2O. The van der Waals surface area contributed by atoms with Crippen LogP contribution in [0.15, 0.2) is 47.5 Å². The SMILES string of the molecule is Cc1ccc(Nc2ccc3c(c2)C(O)(CCC(C)C)C=N3)cc1. The van der Waals surface area contributed by atoms with Crippen LogP contribution < -0.4 is 5.32 Å². The number of rotatable bonds is 5. The summed E-state index contributed by atoms with van der Waals surface area (Å²) < 4.78 is 0. The lowest BCUT2D eigenvalue weighted by Gasteiger charge is -2.23. The van der Waals surface area contributed by atoms with Crippen molar-refractivity contribution >= 4 is 23.3 Å². The average Bonchev–Trinajstić information content (AvgIpc) is 2.85. The molecule has 3 heteroatoms. The number of aryl methyl sites for hydroxylation is 1. The summed E-state index contributed by atoms with van der Waals surface area (Å²) in [7, 11) is 0. The first-order valence-corrected chi connectivity index (χ1v) is 8.22. The molecule has 2 N–H and O–H groups in total. The molecule has 1 atom stereocenters. The summed E-state index contributed by atoms with van der Waals surface area (Å²) in [5.74, 6) is 0.561. The van der Waals surface area contributed by atoms with Crippen molar-refractivity contribution in [2.45, 2.75) is 39.2 Å². The Morgan fingerprint density at radius 1 is 1.09 bits per heavy atom. The van der Waals surface area contributed by atoms with Crippen LogP contribution in [0.5, 0.6) is 0 Å². The quantitative estimate of drug-likeness (QED) is 0.809. The first kappa shape index (κ1) is 15.8. The van der Waals surface area contributed by atoms with E-state index in [-0.39, 0.29) is 0 Å². The number of aliphatic imine (C=N–C) groups is 1. The molecule has 1 unspecified atom stereocenters. The average molecular weight is 308 g/mol. The topological polar surface area (TPSA) is 44.6 Å². The number of anilines is 2. The molecule has 0 aromatic heterocycles. The van der Waals surface area contributed by atoms with E-state index >= 15 is 0 Å². The van der Waals surface area contributed by atoms with Gasteiger partial charge in [-0.15, -0.1) is 0 Å². The van der Waals surface area contributed by atoms with Gasteiger partial charge in [0.25, 0.3) is 0 Å². The molecule has 0 bridgehead atoms. The van der Waals surface area contributed by atoms with Crippen molar-refractivity contribution in [1.82, 2.24) is 0 Å². The fourth-order valence-corrected chi connectivity index (χ4v) is 2.83. The summed E-state index contributed by atoms with van der Waals surface area (Å²) in [6, 6.07) is 14.3. The van der Waals surface area contributed by atoms with Crippen molar-refractivity contribution in [2.24, 2.45) is 10.9 Å². The van der Waals surface area contributed by atoms with Gasteiger partial charge < -0.3 is 10.4 Å². The summed E-state index contributed by atoms with van der Waals surface area (Å²) in [4.78, 5) is 4.39. The number of nitrogens with one attached hydrogen (secondary N) is 1. The molecule has 0 fully saturated rings. The van der Waals surface area contributed by atoms with Crippen LogP contribution in [0.3, 0.4) is 0 Å². The highest BCUT2D eigenvalue weighted by Crippen LogP contribution is 2.40. The molecule has 0 saturated carbocycles. The number of aliphatic hydroxyl groups is 1. The molecule has 3 nitrogen and oxygen atoms in total. The van der Waals surface area contributed by atoms with E-state index in [0.29, 0.717) is 12.3 Å². The number of nitrogens with zero attached hydrogens (tertiary/aromatic N) is 1. The fraction of sp³-hybridized carbons (Fsp3) is 0.350. The summed E-state index contributed by atoms with van der Waals surface area (Å²) in [5, 5.41) is 14.3. The molecule has 1 aliphatic rings. The van der Waals surface area contributed by atoms with Crippen LogP contribution in [0.1, 0.15) is 37.8 Å². The first-order chi connectivity index (χ1) is 11.0. The lowest BCUT2D eigenvalue weighted by atomic mass is 9.88. The van der Waals surface area contributed by atoms with Crippen LogP contribution in [-0.2, 0) is 5.60 Å². The van der Waals surface area contributed by atoms with Crippen molar-refractivity contribution in [3.63, 3.8) is 0 Å². The summed E-state index contributed by atoms with van der Waals surface area (Å²) in [5.41, 5.74) is 4.08. The molecule has 120 valence electrons. The zero-order valence-corrected chi connectivity index (χ0v) is 14.0. The van der Waals surface area contributed by atoms with Gasteiger partial charge in [-0.3, -0.25) is 4.99 Å². The third-order valence-electron chi connectivity index (χ3n) is 4.32. The Morgan fingerprint density at radius 3 is 2.48 bits per heavy atom. The summed E-state index contributed by atoms with van der Waals surface area (Å²) in [6.45, 7) is 6.42. The molecule has 0 radical (unpaired) electrons. The van der Waals surface area contributed by atoms with Crippen LogP contribution in [0.25, 0.3) is 0 Å². The minimum absolute atomic E-state index is 0.561. The Kier molecular flexibility index (Phi) is 4.22. The van der Waals surface area contributed by atoms with Crippen molar-refractivity contribution in [3.05, 3.63) is 53.6 Å². The highest BCUT2D eigenvalue weighted by Gasteiger charge is 2.34. The monoisotopic (exact) mass is 308 g/mol. The van der Waals surface area contributed by atoms with E-state index in [9.17, 15) is 5.11 Å². The Bertz CT molecular complexity index is 719. The Balaban J connectivity index is 1.83. The zero-order valence-electron chi connectivity index (χ0n) is 14.0. The van der Waals surface area contributed by atoms with Crippen LogP contribution in [0.2, 0.25) is 0 Å². The van der Waals surface area contributed by atoms with Crippen molar-refractivity contribution in [3.8, 4) is 0 Å². The molecule has 23 heavy (non-hydrogen) atoms. The third-order valence-corrected chi connectivity index (χ3v) is 4.32. The lowest BCUT2D eigenvalue weighted by Crippen LogP contribution is -2.25. The summed E-state index contributed by atoms with van der Waals surface area (Å²) >= 11 is 0. The fourth-order valence-electron chi connectivity index (χ4n) is 2.83. The van der Waals surface area contributed by atoms with E-state index in [0.717, 1.165) is 29.0 Å². The Labute approximate surface area is 138 Å². The predicted molar refractivity (Wildman–Crippen MR) is 97.0 cm³/mol. The van der Waals surface area contributed by atoms with Gasteiger partial charge in [0.1, 0.15) is 5.60 Å². The molecule has 1 aliphatic heterocycles. The molecule has 2 aromatic carbocycles. The van der Waals surface area contributed by atoms with Gasteiger partial charge in [0.05, 0.1) is 5.69 Å². The van der Waals surface area contributed by atoms with E-state index in [1.54, 1.807) is 6.21 Å². The minimum Gasteiger partial charge on any atom is -0.379 e. The largest absolute Gasteiger partial charge is 0.379 e. The normalized spacial score (nSPS) is 19.2. The molecule has 0 aliphatic carbocycles. The summed E-state index contributed by atoms with van der Waals surface area (Å²) in [6.07, 6.45) is 3.36. The van der Waals surface area contributed by atoms with Gasteiger partial charge in [-0.25, -0.2) is 0 Å². The van der Waals surface area contributed by atoms with Gasteiger partial charge in [0.15, 0.2) is 0 Å². The molecule has 0 spiro atoms. The molecule has 3 rings (SSSR count). The highest BCUT2D eigenvalue weighted by atomic mass is 16.3. The lowest BCUT2D eigenvalue weighted by molar-refractivity contribution is 0.103. The van der Waals surface area contributed by atoms with E-state index in [1.165, 1.54) is 5.56 Å². The molecule has 0 saturated heterocycles. The van der Waals surface area contributed by atoms with E-state index in [4.69, 9.17) is 0 Å². The molecular weight excluding hydrogens is 284 g/mol. The van der Waals surface area contributed by atoms with Crippen molar-refractivity contribution < 1.29 is 5.11 Å². The van der Waals surface area contributed by atoms with Crippen LogP contribution in [0.4, 0.5) is 17.1 Å². The van der Waals surface area contributed by atoms with Crippen LogP contribution >= 0.6 is 0 Å². The molecule has 2 aromatic rings. The van der Waals surface area contributed by atoms with Gasteiger partial charge in [-0.05, 0) is 56.0 Å². The maximum absolute atomic E-state index is 10.9.